The SMILES string of the molecule is CCC(=O)CCN1CCC(COC2CCN(C)CC2)C1. The molecule has 0 amide bonds. The van der Waals surface area contributed by atoms with Gasteiger partial charge in [-0.25, -0.2) is 0 Å². The lowest BCUT2D eigenvalue weighted by atomic mass is 10.1. The lowest BCUT2D eigenvalue weighted by Gasteiger charge is -2.29. The summed E-state index contributed by atoms with van der Waals surface area (Å²) in [5, 5.41) is 0. The van der Waals surface area contributed by atoms with Crippen LogP contribution in [0, 0.1) is 5.92 Å². The molecule has 4 heteroatoms. The Morgan fingerprint density at radius 1 is 1.20 bits per heavy atom. The molecule has 0 radical (unpaired) electrons. The Morgan fingerprint density at radius 2 is 1.95 bits per heavy atom. The third kappa shape index (κ3) is 5.15. The van der Waals surface area contributed by atoms with E-state index in [-0.39, 0.29) is 0 Å². The second-order valence-corrected chi connectivity index (χ2v) is 6.43. The number of ether oxygens (including phenoxy) is 1. The molecule has 0 aliphatic carbocycles. The van der Waals surface area contributed by atoms with Crippen LogP contribution in [0.25, 0.3) is 0 Å². The van der Waals surface area contributed by atoms with Crippen molar-refractivity contribution in [2.45, 2.75) is 45.1 Å². The summed E-state index contributed by atoms with van der Waals surface area (Å²) < 4.78 is 6.09. The predicted octanol–water partition coefficient (Wildman–Crippen LogP) is 1.79. The highest BCUT2D eigenvalue weighted by molar-refractivity contribution is 5.78. The molecule has 0 bridgehead atoms. The number of hydrogen-bond donors (Lipinski definition) is 0. The number of hydrogen-bond acceptors (Lipinski definition) is 4. The summed E-state index contributed by atoms with van der Waals surface area (Å²) >= 11 is 0. The molecule has 2 saturated heterocycles. The van der Waals surface area contributed by atoms with Gasteiger partial charge in [-0.05, 0) is 38.8 Å². The Balaban J connectivity index is 1.58. The fourth-order valence-electron chi connectivity index (χ4n) is 3.14. The van der Waals surface area contributed by atoms with Crippen molar-refractivity contribution in [3.05, 3.63) is 0 Å². The molecular weight excluding hydrogens is 252 g/mol. The zero-order valence-electron chi connectivity index (χ0n) is 13.1. The molecule has 1 atom stereocenters. The lowest BCUT2D eigenvalue weighted by Crippen LogP contribution is -2.35. The third-order valence-corrected chi connectivity index (χ3v) is 4.70. The van der Waals surface area contributed by atoms with E-state index in [0.717, 1.165) is 32.7 Å². The molecule has 4 nitrogen and oxygen atoms in total. The Hall–Kier alpha value is -0.450. The van der Waals surface area contributed by atoms with Gasteiger partial charge < -0.3 is 14.5 Å². The molecule has 2 fully saturated rings. The third-order valence-electron chi connectivity index (χ3n) is 4.70. The molecule has 2 heterocycles. The molecule has 2 aliphatic rings. The molecule has 0 aromatic carbocycles. The summed E-state index contributed by atoms with van der Waals surface area (Å²) in [6, 6.07) is 0. The number of carbonyl (C=O) groups excluding carboxylic acids is 1. The first-order valence-corrected chi connectivity index (χ1v) is 8.21. The van der Waals surface area contributed by atoms with E-state index in [0.29, 0.717) is 24.2 Å². The second-order valence-electron chi connectivity index (χ2n) is 6.43. The van der Waals surface area contributed by atoms with Crippen LogP contribution in [0.1, 0.15) is 39.0 Å². The van der Waals surface area contributed by atoms with Crippen LogP contribution in [0.5, 0.6) is 0 Å². The summed E-state index contributed by atoms with van der Waals surface area (Å²) in [6.07, 6.45) is 5.46. The summed E-state index contributed by atoms with van der Waals surface area (Å²) in [5.74, 6) is 1.06. The van der Waals surface area contributed by atoms with Gasteiger partial charge in [-0.3, -0.25) is 4.79 Å². The predicted molar refractivity (Wildman–Crippen MR) is 80.9 cm³/mol. The number of likely N-dealkylation sites (tertiary alicyclic amines) is 2. The van der Waals surface area contributed by atoms with Crippen molar-refractivity contribution in [1.29, 1.82) is 0 Å². The van der Waals surface area contributed by atoms with E-state index in [9.17, 15) is 4.79 Å². The van der Waals surface area contributed by atoms with Gasteiger partial charge in [-0.1, -0.05) is 6.92 Å². The number of nitrogens with zero attached hydrogens (tertiary/aromatic N) is 2. The van der Waals surface area contributed by atoms with E-state index in [1.165, 1.54) is 32.4 Å². The molecule has 1 unspecified atom stereocenters. The van der Waals surface area contributed by atoms with Crippen molar-refractivity contribution >= 4 is 5.78 Å². The Kier molecular flexibility index (Phi) is 6.46. The zero-order valence-corrected chi connectivity index (χ0v) is 13.1. The average molecular weight is 282 g/mol. The van der Waals surface area contributed by atoms with E-state index < -0.39 is 0 Å². The van der Waals surface area contributed by atoms with Crippen LogP contribution >= 0.6 is 0 Å². The number of Topliss-reactive ketones (excluding diaryl/α,β-unsaturated/α-hetero) is 1. The molecule has 0 spiro atoms. The van der Waals surface area contributed by atoms with Crippen molar-refractivity contribution in [3.63, 3.8) is 0 Å². The van der Waals surface area contributed by atoms with Gasteiger partial charge in [0.05, 0.1) is 12.7 Å². The highest BCUT2D eigenvalue weighted by Crippen LogP contribution is 2.19. The van der Waals surface area contributed by atoms with E-state index >= 15 is 0 Å². The first-order valence-electron chi connectivity index (χ1n) is 8.21. The lowest BCUT2D eigenvalue weighted by molar-refractivity contribution is -0.119. The number of ketones is 1. The minimum absolute atomic E-state index is 0.385. The topological polar surface area (TPSA) is 32.8 Å². The molecule has 0 aromatic heterocycles. The minimum Gasteiger partial charge on any atom is -0.378 e. The number of carbonyl (C=O) groups is 1. The van der Waals surface area contributed by atoms with Crippen LogP contribution in [0.3, 0.4) is 0 Å². The van der Waals surface area contributed by atoms with Crippen molar-refractivity contribution in [3.8, 4) is 0 Å². The highest BCUT2D eigenvalue weighted by Gasteiger charge is 2.24. The van der Waals surface area contributed by atoms with E-state index in [1.54, 1.807) is 0 Å². The molecule has 0 aromatic rings. The van der Waals surface area contributed by atoms with Crippen molar-refractivity contribution in [2.24, 2.45) is 5.92 Å². The Bertz CT molecular complexity index is 301. The molecule has 116 valence electrons. The smallest absolute Gasteiger partial charge is 0.133 e. The van der Waals surface area contributed by atoms with Gasteiger partial charge in [0.1, 0.15) is 5.78 Å². The number of rotatable bonds is 7. The fraction of sp³-hybridized carbons (Fsp3) is 0.938. The number of piperidine rings is 1. The monoisotopic (exact) mass is 282 g/mol. The summed E-state index contributed by atoms with van der Waals surface area (Å²) in [7, 11) is 2.18. The maximum atomic E-state index is 11.4. The van der Waals surface area contributed by atoms with Crippen molar-refractivity contribution in [1.82, 2.24) is 9.80 Å². The van der Waals surface area contributed by atoms with Gasteiger partial charge in [0.15, 0.2) is 0 Å². The van der Waals surface area contributed by atoms with Gasteiger partial charge in [-0.2, -0.15) is 0 Å². The minimum atomic E-state index is 0.385. The van der Waals surface area contributed by atoms with Crippen LogP contribution in [0.15, 0.2) is 0 Å². The van der Waals surface area contributed by atoms with Gasteiger partial charge in [0.2, 0.25) is 0 Å². The molecular formula is C16H30N2O2. The van der Waals surface area contributed by atoms with Crippen LogP contribution in [0.4, 0.5) is 0 Å². The van der Waals surface area contributed by atoms with Crippen LogP contribution in [-0.4, -0.2) is 68.1 Å². The molecule has 0 N–H and O–H groups in total. The summed E-state index contributed by atoms with van der Waals surface area (Å²) in [4.78, 5) is 16.2. The second kappa shape index (κ2) is 8.11. The van der Waals surface area contributed by atoms with Crippen molar-refractivity contribution < 1.29 is 9.53 Å². The largest absolute Gasteiger partial charge is 0.378 e. The van der Waals surface area contributed by atoms with Crippen LogP contribution in [0.2, 0.25) is 0 Å². The van der Waals surface area contributed by atoms with Crippen LogP contribution in [-0.2, 0) is 9.53 Å². The molecule has 2 aliphatic heterocycles. The Morgan fingerprint density at radius 3 is 2.65 bits per heavy atom. The maximum absolute atomic E-state index is 11.4. The van der Waals surface area contributed by atoms with Crippen LogP contribution < -0.4 is 0 Å². The first kappa shape index (κ1) is 15.9. The molecule has 0 saturated carbocycles. The van der Waals surface area contributed by atoms with E-state index in [4.69, 9.17) is 4.74 Å². The zero-order chi connectivity index (χ0) is 14.4. The van der Waals surface area contributed by atoms with Crippen molar-refractivity contribution in [2.75, 3.05) is 46.4 Å². The molecule has 2 rings (SSSR count). The molecule has 20 heavy (non-hydrogen) atoms. The van der Waals surface area contributed by atoms with Gasteiger partial charge >= 0.3 is 0 Å². The van der Waals surface area contributed by atoms with Gasteiger partial charge in [-0.15, -0.1) is 0 Å². The van der Waals surface area contributed by atoms with Gasteiger partial charge in [0.25, 0.3) is 0 Å². The quantitative estimate of drug-likeness (QED) is 0.713. The highest BCUT2D eigenvalue weighted by atomic mass is 16.5. The van der Waals surface area contributed by atoms with E-state index in [1.807, 2.05) is 6.92 Å². The maximum Gasteiger partial charge on any atom is 0.133 e. The summed E-state index contributed by atoms with van der Waals surface area (Å²) in [6.45, 7) is 8.39. The van der Waals surface area contributed by atoms with E-state index in [2.05, 4.69) is 16.8 Å². The first-order chi connectivity index (χ1) is 9.67. The normalized spacial score (nSPS) is 26.2. The average Bonchev–Trinajstić information content (AvgIpc) is 2.92. The fourth-order valence-corrected chi connectivity index (χ4v) is 3.14. The van der Waals surface area contributed by atoms with Gasteiger partial charge in [0, 0.05) is 39.0 Å². The standard InChI is InChI=1S/C16H30N2O2/c1-3-15(19)5-11-18-10-4-14(12-18)13-20-16-6-8-17(2)9-7-16/h14,16H,3-13H2,1-2H3. The Labute approximate surface area is 123 Å². The summed E-state index contributed by atoms with van der Waals surface area (Å²) in [5.41, 5.74) is 0.